The Labute approximate surface area is 143 Å². The smallest absolute Gasteiger partial charge is 0.0541 e. The largest absolute Gasteiger partial charge is 0.326 e. The van der Waals surface area contributed by atoms with Gasteiger partial charge in [-0.15, -0.1) is 0 Å². The lowest BCUT2D eigenvalue weighted by Gasteiger charge is -2.37. The summed E-state index contributed by atoms with van der Waals surface area (Å²) in [6.45, 7) is 3.29. The van der Waals surface area contributed by atoms with E-state index >= 15 is 0 Å². The molecule has 0 bridgehead atoms. The Kier molecular flexibility index (Phi) is 5.58. The van der Waals surface area contributed by atoms with Gasteiger partial charge in [0.05, 0.1) is 5.69 Å². The highest BCUT2D eigenvalue weighted by atomic mass is 15.0. The molecule has 1 fully saturated rings. The summed E-state index contributed by atoms with van der Waals surface area (Å²) >= 11 is 0. The van der Waals surface area contributed by atoms with Crippen molar-refractivity contribution < 1.29 is 0 Å². The van der Waals surface area contributed by atoms with Crippen LogP contribution in [0, 0.1) is 0 Å². The van der Waals surface area contributed by atoms with E-state index in [2.05, 4.69) is 39.9 Å². The molecule has 1 aromatic heterocycles. The van der Waals surface area contributed by atoms with E-state index in [1.807, 2.05) is 24.4 Å². The molecule has 2 aromatic rings. The van der Waals surface area contributed by atoms with Gasteiger partial charge in [0.1, 0.15) is 0 Å². The fraction of sp³-hybridized carbons (Fsp3) is 0.421. The second-order valence-electron chi connectivity index (χ2n) is 6.88. The zero-order chi connectivity index (χ0) is 16.8. The van der Waals surface area contributed by atoms with Crippen molar-refractivity contribution in [2.45, 2.75) is 37.5 Å². The van der Waals surface area contributed by atoms with Crippen LogP contribution in [0.5, 0.6) is 0 Å². The molecule has 6 N–H and O–H groups in total. The Hall–Kier alpha value is -1.79. The van der Waals surface area contributed by atoms with Gasteiger partial charge in [0.2, 0.25) is 0 Å². The number of aromatic nitrogens is 1. The predicted molar refractivity (Wildman–Crippen MR) is 97.3 cm³/mol. The lowest BCUT2D eigenvalue weighted by Crippen LogP contribution is -2.60. The highest BCUT2D eigenvalue weighted by Crippen LogP contribution is 2.19. The minimum atomic E-state index is -0.240. The Morgan fingerprint density at radius 2 is 1.92 bits per heavy atom. The fourth-order valence-electron chi connectivity index (χ4n) is 3.33. The van der Waals surface area contributed by atoms with E-state index in [-0.39, 0.29) is 11.6 Å². The van der Waals surface area contributed by atoms with E-state index in [4.69, 9.17) is 11.5 Å². The molecule has 3 rings (SSSR count). The van der Waals surface area contributed by atoms with Crippen molar-refractivity contribution >= 4 is 0 Å². The number of pyridine rings is 1. The molecule has 1 saturated heterocycles. The van der Waals surface area contributed by atoms with Crippen LogP contribution in [0.2, 0.25) is 0 Å². The maximum absolute atomic E-state index is 6.50. The van der Waals surface area contributed by atoms with Gasteiger partial charge in [-0.25, -0.2) is 0 Å². The Morgan fingerprint density at radius 1 is 1.12 bits per heavy atom. The molecule has 2 unspecified atom stereocenters. The lowest BCUT2D eigenvalue weighted by molar-refractivity contribution is 0.286. The van der Waals surface area contributed by atoms with E-state index in [0.29, 0.717) is 0 Å². The maximum Gasteiger partial charge on any atom is 0.0541 e. The van der Waals surface area contributed by atoms with Crippen molar-refractivity contribution in [3.63, 3.8) is 0 Å². The summed E-state index contributed by atoms with van der Waals surface area (Å²) in [6, 6.07) is 14.8. The number of nitrogens with two attached hydrogens (primary N) is 2. The number of rotatable bonds is 6. The van der Waals surface area contributed by atoms with Crippen LogP contribution in [-0.4, -0.2) is 29.7 Å². The average Bonchev–Trinajstić information content (AvgIpc) is 2.57. The normalized spacial score (nSPS) is 24.0. The summed E-state index contributed by atoms with van der Waals surface area (Å²) in [7, 11) is 0. The van der Waals surface area contributed by atoms with E-state index in [1.165, 1.54) is 11.1 Å². The summed E-state index contributed by atoms with van der Waals surface area (Å²) < 4.78 is 0. The molecule has 1 aliphatic rings. The Bertz CT molecular complexity index is 628. The Morgan fingerprint density at radius 3 is 2.62 bits per heavy atom. The molecule has 128 valence electrons. The van der Waals surface area contributed by atoms with Crippen LogP contribution in [0.1, 0.15) is 23.2 Å². The molecular weight excluding hydrogens is 298 g/mol. The SMILES string of the molecule is NC1CNCC(N)(Cc2ccc(CNCc3ccccn3)cc2)C1. The molecule has 2 heterocycles. The van der Waals surface area contributed by atoms with Crippen LogP contribution in [0.25, 0.3) is 0 Å². The van der Waals surface area contributed by atoms with E-state index in [0.717, 1.165) is 44.7 Å². The van der Waals surface area contributed by atoms with Crippen LogP contribution >= 0.6 is 0 Å². The number of nitrogens with one attached hydrogen (secondary N) is 2. The van der Waals surface area contributed by atoms with Crippen LogP contribution in [0.15, 0.2) is 48.7 Å². The minimum absolute atomic E-state index is 0.152. The van der Waals surface area contributed by atoms with Gasteiger partial charge in [0.25, 0.3) is 0 Å². The van der Waals surface area contributed by atoms with Gasteiger partial charge in [-0.05, 0) is 36.1 Å². The second kappa shape index (κ2) is 7.85. The topological polar surface area (TPSA) is 89.0 Å². The molecular formula is C19H27N5. The molecule has 0 saturated carbocycles. The first-order valence-corrected chi connectivity index (χ1v) is 8.57. The zero-order valence-electron chi connectivity index (χ0n) is 14.0. The minimum Gasteiger partial charge on any atom is -0.326 e. The van der Waals surface area contributed by atoms with Crippen molar-refractivity contribution in [1.82, 2.24) is 15.6 Å². The zero-order valence-corrected chi connectivity index (χ0v) is 14.0. The first kappa shape index (κ1) is 17.0. The molecule has 0 amide bonds. The van der Waals surface area contributed by atoms with Crippen molar-refractivity contribution in [3.8, 4) is 0 Å². The first-order chi connectivity index (χ1) is 11.6. The maximum atomic E-state index is 6.50. The number of nitrogens with zero attached hydrogens (tertiary/aromatic N) is 1. The highest BCUT2D eigenvalue weighted by molar-refractivity contribution is 5.25. The van der Waals surface area contributed by atoms with Gasteiger partial charge < -0.3 is 22.1 Å². The van der Waals surface area contributed by atoms with Crippen molar-refractivity contribution in [3.05, 3.63) is 65.5 Å². The number of hydrogen-bond donors (Lipinski definition) is 4. The fourth-order valence-corrected chi connectivity index (χ4v) is 3.33. The highest BCUT2D eigenvalue weighted by Gasteiger charge is 2.31. The quantitative estimate of drug-likeness (QED) is 0.634. The predicted octanol–water partition coefficient (Wildman–Crippen LogP) is 0.932. The summed E-state index contributed by atoms with van der Waals surface area (Å²) in [5, 5.41) is 6.75. The van der Waals surface area contributed by atoms with Gasteiger partial charge in [0, 0.05) is 44.0 Å². The second-order valence-corrected chi connectivity index (χ2v) is 6.88. The molecule has 5 heteroatoms. The molecule has 1 aromatic carbocycles. The molecule has 0 aliphatic carbocycles. The van der Waals surface area contributed by atoms with Crippen LogP contribution < -0.4 is 22.1 Å². The number of benzene rings is 1. The molecule has 2 atom stereocenters. The van der Waals surface area contributed by atoms with E-state index < -0.39 is 0 Å². The summed E-state index contributed by atoms with van der Waals surface area (Å²) in [5.74, 6) is 0. The van der Waals surface area contributed by atoms with Crippen LogP contribution in [0.3, 0.4) is 0 Å². The monoisotopic (exact) mass is 325 g/mol. The number of piperidine rings is 1. The van der Waals surface area contributed by atoms with Gasteiger partial charge in [-0.1, -0.05) is 30.3 Å². The van der Waals surface area contributed by atoms with Gasteiger partial charge in [-0.3, -0.25) is 4.98 Å². The van der Waals surface area contributed by atoms with E-state index in [1.54, 1.807) is 0 Å². The molecule has 5 nitrogen and oxygen atoms in total. The van der Waals surface area contributed by atoms with Gasteiger partial charge >= 0.3 is 0 Å². The summed E-state index contributed by atoms with van der Waals surface area (Å²) in [6.07, 6.45) is 3.54. The Balaban J connectivity index is 1.50. The van der Waals surface area contributed by atoms with Gasteiger partial charge in [-0.2, -0.15) is 0 Å². The summed E-state index contributed by atoms with van der Waals surface area (Å²) in [4.78, 5) is 4.31. The van der Waals surface area contributed by atoms with Crippen LogP contribution in [-0.2, 0) is 19.5 Å². The first-order valence-electron chi connectivity index (χ1n) is 8.57. The number of hydrogen-bond acceptors (Lipinski definition) is 5. The lowest BCUT2D eigenvalue weighted by atomic mass is 9.83. The third-order valence-corrected chi connectivity index (χ3v) is 4.49. The van der Waals surface area contributed by atoms with Crippen molar-refractivity contribution in [2.24, 2.45) is 11.5 Å². The molecule has 0 spiro atoms. The van der Waals surface area contributed by atoms with Crippen molar-refractivity contribution in [1.29, 1.82) is 0 Å². The average molecular weight is 325 g/mol. The van der Waals surface area contributed by atoms with Gasteiger partial charge in [0.15, 0.2) is 0 Å². The third-order valence-electron chi connectivity index (χ3n) is 4.49. The molecule has 1 aliphatic heterocycles. The molecule has 24 heavy (non-hydrogen) atoms. The third kappa shape index (κ3) is 4.85. The summed E-state index contributed by atoms with van der Waals surface area (Å²) in [5.41, 5.74) is 15.9. The standard InChI is InChI=1S/C19H27N5/c20-17-10-19(21,14-23-12-17)9-15-4-6-16(7-5-15)11-22-13-18-3-1-2-8-24-18/h1-8,17,22-23H,9-14,20-21H2. The van der Waals surface area contributed by atoms with Crippen molar-refractivity contribution in [2.75, 3.05) is 13.1 Å². The van der Waals surface area contributed by atoms with E-state index in [9.17, 15) is 0 Å². The van der Waals surface area contributed by atoms with Crippen LogP contribution in [0.4, 0.5) is 0 Å². The molecule has 0 radical (unpaired) electrons.